The molecule has 0 bridgehead atoms. The van der Waals surface area contributed by atoms with E-state index in [0.717, 1.165) is 11.4 Å². The van der Waals surface area contributed by atoms with Crippen LogP contribution >= 0.6 is 23.1 Å². The van der Waals surface area contributed by atoms with Gasteiger partial charge in [0.15, 0.2) is 0 Å². The van der Waals surface area contributed by atoms with Crippen LogP contribution in [0.1, 0.15) is 5.69 Å². The van der Waals surface area contributed by atoms with Gasteiger partial charge in [0.25, 0.3) is 0 Å². The lowest BCUT2D eigenvalue weighted by Crippen LogP contribution is -1.99. The number of anilines is 1. The second-order valence-corrected chi connectivity index (χ2v) is 4.07. The number of benzene rings is 1. The van der Waals surface area contributed by atoms with Gasteiger partial charge in [0.2, 0.25) is 0 Å². The number of hydrogen-bond acceptors (Lipinski definition) is 4. The van der Waals surface area contributed by atoms with Crippen molar-refractivity contribution in [2.75, 3.05) is 5.32 Å². The highest BCUT2D eigenvalue weighted by Crippen LogP contribution is 2.18. The third-order valence-corrected chi connectivity index (χ3v) is 2.73. The van der Waals surface area contributed by atoms with Crippen molar-refractivity contribution in [2.24, 2.45) is 0 Å². The highest BCUT2D eigenvalue weighted by atomic mass is 35.5. The Morgan fingerprint density at radius 3 is 2.71 bits per heavy atom. The van der Waals surface area contributed by atoms with Gasteiger partial charge in [-0.1, -0.05) is 34.3 Å². The van der Waals surface area contributed by atoms with Gasteiger partial charge in [-0.15, -0.1) is 5.10 Å². The molecule has 72 valence electrons. The lowest BCUT2D eigenvalue weighted by Gasteiger charge is -2.02. The molecule has 0 atom stereocenters. The van der Waals surface area contributed by atoms with Crippen LogP contribution in [0.4, 0.5) is 5.69 Å². The lowest BCUT2D eigenvalue weighted by atomic mass is 10.3. The monoisotopic (exact) mass is 225 g/mol. The average molecular weight is 226 g/mol. The van der Waals surface area contributed by atoms with Crippen LogP contribution in [0.2, 0.25) is 4.34 Å². The SMILES string of the molecule is Clc1snnc1CNc1ccccc1. The van der Waals surface area contributed by atoms with Gasteiger partial charge in [0, 0.05) is 17.2 Å². The molecule has 1 aromatic carbocycles. The summed E-state index contributed by atoms with van der Waals surface area (Å²) in [4.78, 5) is 0. The highest BCUT2D eigenvalue weighted by Gasteiger charge is 2.03. The Morgan fingerprint density at radius 1 is 1.29 bits per heavy atom. The van der Waals surface area contributed by atoms with Gasteiger partial charge in [-0.25, -0.2) is 0 Å². The first kappa shape index (κ1) is 9.43. The van der Waals surface area contributed by atoms with Gasteiger partial charge in [-0.05, 0) is 12.1 Å². The van der Waals surface area contributed by atoms with Crippen molar-refractivity contribution in [2.45, 2.75) is 6.54 Å². The second kappa shape index (κ2) is 4.39. The molecule has 0 spiro atoms. The fourth-order valence-corrected chi connectivity index (χ4v) is 1.67. The summed E-state index contributed by atoms with van der Waals surface area (Å²) in [5.74, 6) is 0. The van der Waals surface area contributed by atoms with Crippen molar-refractivity contribution >= 4 is 28.8 Å². The first-order valence-corrected chi connectivity index (χ1v) is 5.27. The largest absolute Gasteiger partial charge is 0.379 e. The predicted octanol–water partition coefficient (Wildman–Crippen LogP) is 2.80. The van der Waals surface area contributed by atoms with E-state index in [1.807, 2.05) is 30.3 Å². The molecule has 0 amide bonds. The molecule has 2 aromatic rings. The Kier molecular flexibility index (Phi) is 2.96. The van der Waals surface area contributed by atoms with Gasteiger partial charge in [0.1, 0.15) is 10.0 Å². The van der Waals surface area contributed by atoms with Gasteiger partial charge < -0.3 is 5.32 Å². The van der Waals surface area contributed by atoms with E-state index in [0.29, 0.717) is 10.9 Å². The summed E-state index contributed by atoms with van der Waals surface area (Å²) in [5.41, 5.74) is 1.84. The van der Waals surface area contributed by atoms with Gasteiger partial charge in [-0.3, -0.25) is 0 Å². The molecule has 0 aliphatic rings. The van der Waals surface area contributed by atoms with Gasteiger partial charge in [0.05, 0.1) is 6.54 Å². The number of aromatic nitrogens is 2. The zero-order chi connectivity index (χ0) is 9.80. The van der Waals surface area contributed by atoms with Crippen LogP contribution in [0.3, 0.4) is 0 Å². The molecule has 0 saturated carbocycles. The van der Waals surface area contributed by atoms with E-state index in [4.69, 9.17) is 11.6 Å². The second-order valence-electron chi connectivity index (χ2n) is 2.71. The molecule has 0 aliphatic carbocycles. The van der Waals surface area contributed by atoms with E-state index in [1.54, 1.807) is 0 Å². The maximum atomic E-state index is 5.86. The molecule has 14 heavy (non-hydrogen) atoms. The topological polar surface area (TPSA) is 37.8 Å². The van der Waals surface area contributed by atoms with E-state index >= 15 is 0 Å². The third kappa shape index (κ3) is 2.21. The zero-order valence-corrected chi connectivity index (χ0v) is 8.85. The molecular formula is C9H8ClN3S. The number of hydrogen-bond donors (Lipinski definition) is 1. The Bertz CT molecular complexity index is 401. The number of rotatable bonds is 3. The third-order valence-electron chi connectivity index (χ3n) is 1.74. The van der Waals surface area contributed by atoms with Crippen LogP contribution in [0.25, 0.3) is 0 Å². The van der Waals surface area contributed by atoms with Crippen LogP contribution in [-0.2, 0) is 6.54 Å². The number of nitrogens with zero attached hydrogens (tertiary/aromatic N) is 2. The highest BCUT2D eigenvalue weighted by molar-refractivity contribution is 7.10. The fraction of sp³-hybridized carbons (Fsp3) is 0.111. The molecule has 3 nitrogen and oxygen atoms in total. The number of para-hydroxylation sites is 1. The maximum absolute atomic E-state index is 5.86. The average Bonchev–Trinajstić information content (AvgIpc) is 2.63. The molecule has 0 fully saturated rings. The van der Waals surface area contributed by atoms with Crippen molar-refractivity contribution in [1.29, 1.82) is 0 Å². The minimum absolute atomic E-state index is 0.610. The van der Waals surface area contributed by atoms with Gasteiger partial charge >= 0.3 is 0 Å². The summed E-state index contributed by atoms with van der Waals surface area (Å²) >= 11 is 7.06. The van der Waals surface area contributed by atoms with E-state index in [2.05, 4.69) is 14.9 Å². The minimum Gasteiger partial charge on any atom is -0.379 e. The summed E-state index contributed by atoms with van der Waals surface area (Å²) in [7, 11) is 0. The van der Waals surface area contributed by atoms with Crippen LogP contribution in [-0.4, -0.2) is 9.59 Å². The van der Waals surface area contributed by atoms with Crippen molar-refractivity contribution in [3.05, 3.63) is 40.4 Å². The minimum atomic E-state index is 0.610. The van der Waals surface area contributed by atoms with Crippen molar-refractivity contribution in [3.8, 4) is 0 Å². The smallest absolute Gasteiger partial charge is 0.139 e. The van der Waals surface area contributed by atoms with E-state index < -0.39 is 0 Å². The molecule has 0 radical (unpaired) electrons. The Morgan fingerprint density at radius 2 is 2.07 bits per heavy atom. The number of nitrogens with one attached hydrogen (secondary N) is 1. The normalized spacial score (nSPS) is 10.1. The van der Waals surface area contributed by atoms with Crippen LogP contribution < -0.4 is 5.32 Å². The van der Waals surface area contributed by atoms with Crippen LogP contribution in [0.5, 0.6) is 0 Å². The number of halogens is 1. The summed E-state index contributed by atoms with van der Waals surface area (Å²) in [6.07, 6.45) is 0. The van der Waals surface area contributed by atoms with Crippen molar-refractivity contribution in [3.63, 3.8) is 0 Å². The Hall–Kier alpha value is -1.13. The van der Waals surface area contributed by atoms with Crippen molar-refractivity contribution in [1.82, 2.24) is 9.59 Å². The quantitative estimate of drug-likeness (QED) is 0.873. The molecular weight excluding hydrogens is 218 g/mol. The van der Waals surface area contributed by atoms with Gasteiger partial charge in [-0.2, -0.15) is 0 Å². The van der Waals surface area contributed by atoms with Crippen LogP contribution in [0.15, 0.2) is 30.3 Å². The van der Waals surface area contributed by atoms with E-state index in [9.17, 15) is 0 Å². The van der Waals surface area contributed by atoms with E-state index in [1.165, 1.54) is 11.5 Å². The molecule has 2 rings (SSSR count). The molecule has 1 N–H and O–H groups in total. The molecule has 0 unspecified atom stereocenters. The molecule has 0 aliphatic heterocycles. The fourth-order valence-electron chi connectivity index (χ4n) is 1.04. The van der Waals surface area contributed by atoms with Crippen molar-refractivity contribution < 1.29 is 0 Å². The summed E-state index contributed by atoms with van der Waals surface area (Å²) in [6, 6.07) is 9.91. The first-order valence-electron chi connectivity index (χ1n) is 4.12. The first-order chi connectivity index (χ1) is 6.86. The Balaban J connectivity index is 1.99. The predicted molar refractivity (Wildman–Crippen MR) is 58.7 cm³/mol. The molecule has 5 heteroatoms. The summed E-state index contributed by atoms with van der Waals surface area (Å²) < 4.78 is 4.40. The molecule has 1 heterocycles. The van der Waals surface area contributed by atoms with Crippen LogP contribution in [0, 0.1) is 0 Å². The maximum Gasteiger partial charge on any atom is 0.139 e. The summed E-state index contributed by atoms with van der Waals surface area (Å²) in [5, 5.41) is 7.11. The zero-order valence-electron chi connectivity index (χ0n) is 7.27. The molecule has 1 aromatic heterocycles. The lowest BCUT2D eigenvalue weighted by molar-refractivity contribution is 0.999. The Labute approximate surface area is 90.9 Å². The summed E-state index contributed by atoms with van der Waals surface area (Å²) in [6.45, 7) is 0.610. The standard InChI is InChI=1S/C9H8ClN3S/c10-9-8(12-13-14-9)6-11-7-4-2-1-3-5-7/h1-5,11H,6H2. The van der Waals surface area contributed by atoms with E-state index in [-0.39, 0.29) is 0 Å². The molecule has 0 saturated heterocycles.